The first-order valence-electron chi connectivity index (χ1n) is 9.94. The van der Waals surface area contributed by atoms with Gasteiger partial charge in [0.05, 0.1) is 16.7 Å². The molecule has 0 amide bonds. The van der Waals surface area contributed by atoms with Crippen molar-refractivity contribution in [1.82, 2.24) is 14.4 Å². The molecular formula is C26H15N3O. The number of imidazole rings is 1. The van der Waals surface area contributed by atoms with E-state index >= 15 is 0 Å². The largest absolute Gasteiger partial charge is 0.436 e. The van der Waals surface area contributed by atoms with Gasteiger partial charge < -0.3 is 4.42 Å². The quantitative estimate of drug-likeness (QED) is 0.339. The Labute approximate surface area is 171 Å². The van der Waals surface area contributed by atoms with Gasteiger partial charge in [-0.05, 0) is 42.5 Å². The fraction of sp³-hybridized carbons (Fsp3) is 0. The Morgan fingerprint density at radius 2 is 1.50 bits per heavy atom. The van der Waals surface area contributed by atoms with Gasteiger partial charge >= 0.3 is 0 Å². The number of aromatic nitrogens is 3. The van der Waals surface area contributed by atoms with E-state index in [-0.39, 0.29) is 0 Å². The van der Waals surface area contributed by atoms with Crippen molar-refractivity contribution in [3.8, 4) is 22.7 Å². The summed E-state index contributed by atoms with van der Waals surface area (Å²) in [7, 11) is 0. The first-order valence-corrected chi connectivity index (χ1v) is 9.94. The van der Waals surface area contributed by atoms with Crippen molar-refractivity contribution < 1.29 is 4.42 Å². The number of hydrogen-bond acceptors (Lipinski definition) is 3. The van der Waals surface area contributed by atoms with E-state index in [1.807, 2.05) is 36.4 Å². The Morgan fingerprint density at radius 1 is 0.667 bits per heavy atom. The number of rotatable bonds is 2. The van der Waals surface area contributed by atoms with E-state index in [1.54, 1.807) is 0 Å². The highest BCUT2D eigenvalue weighted by molar-refractivity contribution is 6.13. The topological polar surface area (TPSA) is 43.3 Å². The molecule has 4 heteroatoms. The third-order valence-electron chi connectivity index (χ3n) is 5.78. The summed E-state index contributed by atoms with van der Waals surface area (Å²) in [5.74, 6) is 0.634. The summed E-state index contributed by atoms with van der Waals surface area (Å²) in [6.45, 7) is 0. The predicted molar refractivity (Wildman–Crippen MR) is 120 cm³/mol. The minimum atomic E-state index is 0.634. The summed E-state index contributed by atoms with van der Waals surface area (Å²) in [5, 5.41) is 2.46. The first-order chi connectivity index (χ1) is 14.9. The standard InChI is InChI=1S/C26H15N3O/c1-2-7-16(8-3-1)26-27-20-15-17(13-14-22(20)30-26)24-25-19-10-5-4-9-18(19)21-11-6-12-23(28-24)29(21)25/h1-15H. The van der Waals surface area contributed by atoms with Gasteiger partial charge in [-0.2, -0.15) is 0 Å². The molecule has 140 valence electrons. The highest BCUT2D eigenvalue weighted by Crippen LogP contribution is 2.37. The monoisotopic (exact) mass is 385 g/mol. The molecule has 0 bridgehead atoms. The maximum atomic E-state index is 5.99. The van der Waals surface area contributed by atoms with Gasteiger partial charge in [-0.3, -0.25) is 4.40 Å². The zero-order chi connectivity index (χ0) is 19.7. The lowest BCUT2D eigenvalue weighted by Crippen LogP contribution is -1.80. The van der Waals surface area contributed by atoms with E-state index < -0.39 is 0 Å². The van der Waals surface area contributed by atoms with Crippen molar-refractivity contribution >= 4 is 38.6 Å². The highest BCUT2D eigenvalue weighted by Gasteiger charge is 2.19. The smallest absolute Gasteiger partial charge is 0.227 e. The van der Waals surface area contributed by atoms with Gasteiger partial charge in [0.2, 0.25) is 5.89 Å². The Bertz CT molecular complexity index is 1690. The molecule has 0 saturated carbocycles. The van der Waals surface area contributed by atoms with Crippen molar-refractivity contribution in [2.75, 3.05) is 0 Å². The third kappa shape index (κ3) is 2.05. The highest BCUT2D eigenvalue weighted by atomic mass is 16.3. The number of hydrogen-bond donors (Lipinski definition) is 0. The van der Waals surface area contributed by atoms with Gasteiger partial charge in [0.25, 0.3) is 0 Å². The average Bonchev–Trinajstić information content (AvgIpc) is 3.49. The van der Waals surface area contributed by atoms with Gasteiger partial charge in [-0.15, -0.1) is 0 Å². The molecule has 4 aromatic heterocycles. The molecule has 30 heavy (non-hydrogen) atoms. The number of benzene rings is 3. The molecule has 0 fully saturated rings. The van der Waals surface area contributed by atoms with Gasteiger partial charge in [0.1, 0.15) is 11.2 Å². The van der Waals surface area contributed by atoms with Crippen molar-refractivity contribution in [2.24, 2.45) is 0 Å². The Morgan fingerprint density at radius 3 is 2.40 bits per heavy atom. The van der Waals surface area contributed by atoms with Crippen LogP contribution in [0, 0.1) is 0 Å². The van der Waals surface area contributed by atoms with Crippen LogP contribution in [0.5, 0.6) is 0 Å². The Balaban J connectivity index is 1.50. The molecule has 3 aromatic carbocycles. The van der Waals surface area contributed by atoms with Crippen molar-refractivity contribution in [1.29, 1.82) is 0 Å². The molecule has 0 spiro atoms. The molecule has 0 unspecified atom stereocenters. The van der Waals surface area contributed by atoms with Crippen LogP contribution in [0.25, 0.3) is 61.3 Å². The minimum absolute atomic E-state index is 0.634. The molecule has 0 saturated heterocycles. The zero-order valence-electron chi connectivity index (χ0n) is 15.9. The molecule has 4 heterocycles. The van der Waals surface area contributed by atoms with E-state index in [4.69, 9.17) is 14.4 Å². The van der Waals surface area contributed by atoms with Crippen LogP contribution in [-0.4, -0.2) is 14.4 Å². The van der Waals surface area contributed by atoms with E-state index in [0.29, 0.717) is 5.89 Å². The number of fused-ring (bicyclic) bond motifs is 4. The normalized spacial score (nSPS) is 12.0. The third-order valence-corrected chi connectivity index (χ3v) is 5.78. The first kappa shape index (κ1) is 15.7. The van der Waals surface area contributed by atoms with Crippen LogP contribution in [0.2, 0.25) is 0 Å². The van der Waals surface area contributed by atoms with Crippen LogP contribution in [0.15, 0.2) is 95.4 Å². The molecule has 0 aliphatic carbocycles. The fourth-order valence-corrected chi connectivity index (χ4v) is 4.44. The predicted octanol–water partition coefficient (Wildman–Crippen LogP) is 6.55. The van der Waals surface area contributed by atoms with Gasteiger partial charge in [-0.25, -0.2) is 9.97 Å². The average molecular weight is 385 g/mol. The second-order valence-electron chi connectivity index (χ2n) is 7.53. The molecule has 0 radical (unpaired) electrons. The summed E-state index contributed by atoms with van der Waals surface area (Å²) >= 11 is 0. The second kappa shape index (κ2) is 5.67. The van der Waals surface area contributed by atoms with E-state index in [9.17, 15) is 0 Å². The summed E-state index contributed by atoms with van der Waals surface area (Å²) in [6, 6.07) is 30.9. The second-order valence-corrected chi connectivity index (χ2v) is 7.53. The maximum Gasteiger partial charge on any atom is 0.227 e. The van der Waals surface area contributed by atoms with Crippen LogP contribution in [0.1, 0.15) is 0 Å². The summed E-state index contributed by atoms with van der Waals surface area (Å²) in [4.78, 5) is 9.70. The lowest BCUT2D eigenvalue weighted by Gasteiger charge is -1.98. The van der Waals surface area contributed by atoms with Gasteiger partial charge in [-0.1, -0.05) is 48.5 Å². The number of oxazole rings is 1. The molecule has 0 aliphatic heterocycles. The van der Waals surface area contributed by atoms with Crippen LogP contribution in [0.4, 0.5) is 0 Å². The molecule has 7 rings (SSSR count). The molecule has 4 nitrogen and oxygen atoms in total. The van der Waals surface area contributed by atoms with E-state index in [0.717, 1.165) is 39.1 Å². The van der Waals surface area contributed by atoms with Crippen LogP contribution >= 0.6 is 0 Å². The fourth-order valence-electron chi connectivity index (χ4n) is 4.44. The summed E-state index contributed by atoms with van der Waals surface area (Å²) in [6.07, 6.45) is 0. The van der Waals surface area contributed by atoms with Gasteiger partial charge in [0.15, 0.2) is 5.58 Å². The lowest BCUT2D eigenvalue weighted by atomic mass is 10.1. The van der Waals surface area contributed by atoms with Crippen LogP contribution < -0.4 is 0 Å². The number of pyridine rings is 1. The van der Waals surface area contributed by atoms with Gasteiger partial charge in [0, 0.05) is 21.9 Å². The van der Waals surface area contributed by atoms with Crippen LogP contribution in [0.3, 0.4) is 0 Å². The van der Waals surface area contributed by atoms with Crippen molar-refractivity contribution in [3.05, 3.63) is 91.0 Å². The van der Waals surface area contributed by atoms with E-state index in [2.05, 4.69) is 59.0 Å². The van der Waals surface area contributed by atoms with Crippen LogP contribution in [-0.2, 0) is 0 Å². The van der Waals surface area contributed by atoms with Crippen molar-refractivity contribution in [3.63, 3.8) is 0 Å². The van der Waals surface area contributed by atoms with E-state index in [1.165, 1.54) is 16.3 Å². The number of nitrogens with zero attached hydrogens (tertiary/aromatic N) is 3. The minimum Gasteiger partial charge on any atom is -0.436 e. The summed E-state index contributed by atoms with van der Waals surface area (Å²) < 4.78 is 8.24. The van der Waals surface area contributed by atoms with Crippen molar-refractivity contribution in [2.45, 2.75) is 0 Å². The molecule has 0 aliphatic rings. The Kier molecular flexibility index (Phi) is 2.97. The lowest BCUT2D eigenvalue weighted by molar-refractivity contribution is 0.620. The molecule has 0 N–H and O–H groups in total. The maximum absolute atomic E-state index is 5.99. The molecular weight excluding hydrogens is 370 g/mol. The summed E-state index contributed by atoms with van der Waals surface area (Å²) in [5.41, 5.74) is 7.88. The molecule has 7 aromatic rings. The zero-order valence-corrected chi connectivity index (χ0v) is 15.9. The molecule has 0 atom stereocenters. The Hall–Kier alpha value is -4.18. The SMILES string of the molecule is c1ccc(-c2nc3cc(-c4nc5cccc6c7ccccc7c4n56)ccc3o2)cc1.